The number of nitrogens with one attached hydrogen (secondary N) is 1. The molecule has 3 nitrogen and oxygen atoms in total. The van der Waals surface area contributed by atoms with Gasteiger partial charge in [0.25, 0.3) is 0 Å². The molecule has 0 spiro atoms. The molecule has 1 aromatic rings. The van der Waals surface area contributed by atoms with E-state index in [4.69, 9.17) is 11.6 Å². The smallest absolute Gasteiger partial charge is 0.228 e. The Morgan fingerprint density at radius 2 is 2.33 bits per heavy atom. The molecule has 0 unspecified atom stereocenters. The number of anilines is 1. The number of rotatable bonds is 3. The Bertz CT molecular complexity index is 392. The monoisotopic (exact) mass is 224 g/mol. The first kappa shape index (κ1) is 10.5. The third kappa shape index (κ3) is 2.30. The molecule has 0 atom stereocenters. The molecular weight excluding hydrogens is 212 g/mol. The molecule has 0 aliphatic carbocycles. The molecule has 80 valence electrons. The summed E-state index contributed by atoms with van der Waals surface area (Å²) in [5, 5.41) is 2.81. The van der Waals surface area contributed by atoms with Crippen molar-refractivity contribution in [1.29, 1.82) is 0 Å². The fourth-order valence-corrected chi connectivity index (χ4v) is 1.82. The van der Waals surface area contributed by atoms with Crippen LogP contribution in [-0.4, -0.2) is 23.9 Å². The van der Waals surface area contributed by atoms with Crippen LogP contribution >= 0.6 is 11.6 Å². The molecule has 0 fully saturated rings. The maximum atomic E-state index is 11.1. The van der Waals surface area contributed by atoms with Crippen LogP contribution in [0.15, 0.2) is 18.2 Å². The molecule has 0 aromatic heterocycles. The molecule has 4 heteroatoms. The van der Waals surface area contributed by atoms with Crippen molar-refractivity contribution in [3.63, 3.8) is 0 Å². The molecule has 1 amide bonds. The molecule has 15 heavy (non-hydrogen) atoms. The Labute approximate surface area is 94.0 Å². The van der Waals surface area contributed by atoms with Gasteiger partial charge in [-0.15, -0.1) is 11.6 Å². The number of hydrogen-bond acceptors (Lipinski definition) is 2. The predicted octanol–water partition coefficient (Wildman–Crippen LogP) is 1.81. The zero-order chi connectivity index (χ0) is 10.8. The summed E-state index contributed by atoms with van der Waals surface area (Å²) < 4.78 is 0. The van der Waals surface area contributed by atoms with Crippen molar-refractivity contribution in [2.45, 2.75) is 13.0 Å². The van der Waals surface area contributed by atoms with Gasteiger partial charge in [0, 0.05) is 12.2 Å². The average molecular weight is 225 g/mol. The van der Waals surface area contributed by atoms with E-state index in [1.54, 1.807) is 0 Å². The molecule has 0 radical (unpaired) electrons. The highest BCUT2D eigenvalue weighted by molar-refractivity contribution is 6.17. The molecular formula is C11H13ClN2O. The Hall–Kier alpha value is -1.06. The topological polar surface area (TPSA) is 32.3 Å². The molecule has 1 N–H and O–H groups in total. The van der Waals surface area contributed by atoms with Crippen LogP contribution in [0.25, 0.3) is 0 Å². The molecule has 1 aliphatic rings. The number of alkyl halides is 1. The van der Waals surface area contributed by atoms with Crippen LogP contribution in [0.2, 0.25) is 0 Å². The summed E-state index contributed by atoms with van der Waals surface area (Å²) in [6.07, 6.45) is 0.494. The lowest BCUT2D eigenvalue weighted by Gasteiger charge is -2.13. The van der Waals surface area contributed by atoms with Crippen molar-refractivity contribution < 1.29 is 4.79 Å². The summed E-state index contributed by atoms with van der Waals surface area (Å²) in [6, 6.07) is 6.55. The van der Waals surface area contributed by atoms with Crippen LogP contribution in [0.1, 0.15) is 11.1 Å². The van der Waals surface area contributed by atoms with Crippen LogP contribution in [0.4, 0.5) is 5.69 Å². The normalized spacial score (nSPS) is 14.2. The van der Waals surface area contributed by atoms with Crippen molar-refractivity contribution in [3.8, 4) is 0 Å². The van der Waals surface area contributed by atoms with Gasteiger partial charge in [0.05, 0.1) is 12.4 Å². The van der Waals surface area contributed by atoms with E-state index in [-0.39, 0.29) is 5.91 Å². The zero-order valence-corrected chi connectivity index (χ0v) is 9.34. The molecule has 1 aliphatic heterocycles. The van der Waals surface area contributed by atoms with E-state index in [2.05, 4.69) is 11.4 Å². The van der Waals surface area contributed by atoms with Crippen LogP contribution in [0.3, 0.4) is 0 Å². The van der Waals surface area contributed by atoms with E-state index in [0.29, 0.717) is 12.4 Å². The Kier molecular flexibility index (Phi) is 2.93. The first-order valence-electron chi connectivity index (χ1n) is 4.85. The Balaban J connectivity index is 2.16. The summed E-state index contributed by atoms with van der Waals surface area (Å²) in [5.74, 6) is 0.0767. The number of benzene rings is 1. The summed E-state index contributed by atoms with van der Waals surface area (Å²) in [7, 11) is 1.96. The Morgan fingerprint density at radius 3 is 3.07 bits per heavy atom. The largest absolute Gasteiger partial charge is 0.326 e. The maximum absolute atomic E-state index is 11.1. The summed E-state index contributed by atoms with van der Waals surface area (Å²) >= 11 is 5.70. The van der Waals surface area contributed by atoms with E-state index in [1.807, 2.05) is 24.1 Å². The number of fused-ring (bicyclic) bond motifs is 1. The first-order valence-corrected chi connectivity index (χ1v) is 5.38. The fourth-order valence-electron chi connectivity index (χ4n) is 1.73. The number of hydrogen-bond donors (Lipinski definition) is 1. The molecule has 0 bridgehead atoms. The summed E-state index contributed by atoms with van der Waals surface area (Å²) in [6.45, 7) is 0.810. The lowest BCUT2D eigenvalue weighted by atomic mass is 10.1. The highest BCUT2D eigenvalue weighted by atomic mass is 35.5. The van der Waals surface area contributed by atoms with E-state index < -0.39 is 0 Å². The number of carbonyl (C=O) groups is 1. The minimum Gasteiger partial charge on any atom is -0.326 e. The van der Waals surface area contributed by atoms with Gasteiger partial charge in [-0.3, -0.25) is 9.69 Å². The van der Waals surface area contributed by atoms with Gasteiger partial charge in [-0.05, 0) is 24.2 Å². The predicted molar refractivity (Wildman–Crippen MR) is 61.0 cm³/mol. The molecule has 0 saturated carbocycles. The van der Waals surface area contributed by atoms with E-state index in [9.17, 15) is 4.79 Å². The van der Waals surface area contributed by atoms with Gasteiger partial charge < -0.3 is 5.32 Å². The quantitative estimate of drug-likeness (QED) is 0.628. The highest BCUT2D eigenvalue weighted by Crippen LogP contribution is 2.24. The number of carbonyl (C=O) groups excluding carboxylic acids is 1. The molecule has 2 rings (SSSR count). The lowest BCUT2D eigenvalue weighted by Crippen LogP contribution is -2.15. The van der Waals surface area contributed by atoms with Gasteiger partial charge in [0.15, 0.2) is 0 Å². The minimum atomic E-state index is 0.0767. The van der Waals surface area contributed by atoms with E-state index in [0.717, 1.165) is 17.8 Å². The summed E-state index contributed by atoms with van der Waals surface area (Å²) in [5.41, 5.74) is 3.21. The first-order chi connectivity index (χ1) is 7.19. The standard InChI is InChI=1S/C11H13ClN2O/c1-14(7-12)6-8-2-3-10-9(4-8)5-11(15)13-10/h2-4H,5-7H2,1H3,(H,13,15). The fraction of sp³-hybridized carbons (Fsp3) is 0.364. The van der Waals surface area contributed by atoms with Crippen molar-refractivity contribution in [1.82, 2.24) is 4.90 Å². The second kappa shape index (κ2) is 4.21. The van der Waals surface area contributed by atoms with Crippen LogP contribution in [-0.2, 0) is 17.8 Å². The summed E-state index contributed by atoms with van der Waals surface area (Å²) in [4.78, 5) is 13.2. The SMILES string of the molecule is CN(CCl)Cc1ccc2c(c1)CC(=O)N2. The third-order valence-corrected chi connectivity index (χ3v) is 2.86. The van der Waals surface area contributed by atoms with Gasteiger partial charge in [-0.2, -0.15) is 0 Å². The third-order valence-electron chi connectivity index (χ3n) is 2.45. The van der Waals surface area contributed by atoms with Crippen LogP contribution in [0, 0.1) is 0 Å². The van der Waals surface area contributed by atoms with Crippen LogP contribution in [0.5, 0.6) is 0 Å². The second-order valence-electron chi connectivity index (χ2n) is 3.85. The van der Waals surface area contributed by atoms with Gasteiger partial charge in [-0.1, -0.05) is 12.1 Å². The van der Waals surface area contributed by atoms with Gasteiger partial charge in [-0.25, -0.2) is 0 Å². The average Bonchev–Trinajstić information content (AvgIpc) is 2.57. The second-order valence-corrected chi connectivity index (χ2v) is 4.09. The van der Waals surface area contributed by atoms with Crippen molar-refractivity contribution in [3.05, 3.63) is 29.3 Å². The maximum Gasteiger partial charge on any atom is 0.228 e. The molecule has 1 aromatic carbocycles. The van der Waals surface area contributed by atoms with Crippen LogP contribution < -0.4 is 5.32 Å². The minimum absolute atomic E-state index is 0.0767. The zero-order valence-electron chi connectivity index (χ0n) is 8.59. The highest BCUT2D eigenvalue weighted by Gasteiger charge is 2.17. The van der Waals surface area contributed by atoms with Gasteiger partial charge in [0.2, 0.25) is 5.91 Å². The van der Waals surface area contributed by atoms with Crippen molar-refractivity contribution in [2.75, 3.05) is 18.4 Å². The molecule has 1 heterocycles. The number of amides is 1. The van der Waals surface area contributed by atoms with E-state index in [1.165, 1.54) is 5.56 Å². The number of halogens is 1. The van der Waals surface area contributed by atoms with Gasteiger partial charge >= 0.3 is 0 Å². The van der Waals surface area contributed by atoms with E-state index >= 15 is 0 Å². The van der Waals surface area contributed by atoms with Crippen molar-refractivity contribution in [2.24, 2.45) is 0 Å². The Morgan fingerprint density at radius 1 is 1.53 bits per heavy atom. The van der Waals surface area contributed by atoms with Crippen molar-refractivity contribution >= 4 is 23.2 Å². The lowest BCUT2D eigenvalue weighted by molar-refractivity contribution is -0.115. The number of nitrogens with zero attached hydrogens (tertiary/aromatic N) is 1. The molecule has 0 saturated heterocycles. The van der Waals surface area contributed by atoms with Gasteiger partial charge in [0.1, 0.15) is 0 Å².